The first kappa shape index (κ1) is 7.58. The summed E-state index contributed by atoms with van der Waals surface area (Å²) in [6.07, 6.45) is 3.49. The van der Waals surface area contributed by atoms with Gasteiger partial charge in [0, 0.05) is 12.7 Å². The Bertz CT molecular complexity index is 408. The van der Waals surface area contributed by atoms with Crippen LogP contribution in [0.25, 0.3) is 5.65 Å². The van der Waals surface area contributed by atoms with Gasteiger partial charge in [0.05, 0.1) is 6.20 Å². The number of halogens is 1. The van der Waals surface area contributed by atoms with Crippen LogP contribution in [-0.4, -0.2) is 9.38 Å². The van der Waals surface area contributed by atoms with Crippen molar-refractivity contribution in [2.24, 2.45) is 5.73 Å². The summed E-state index contributed by atoms with van der Waals surface area (Å²) in [6, 6.07) is 3.85. The molecule has 2 aromatic rings. The highest BCUT2D eigenvalue weighted by Crippen LogP contribution is 2.12. The van der Waals surface area contributed by atoms with Gasteiger partial charge in [-0.2, -0.15) is 0 Å². The van der Waals surface area contributed by atoms with E-state index in [0.717, 1.165) is 11.2 Å². The van der Waals surface area contributed by atoms with Crippen molar-refractivity contribution < 1.29 is 0 Å². The van der Waals surface area contributed by atoms with E-state index in [-0.39, 0.29) is 0 Å². The SMILES string of the molecule is NCc1ccn2c(Cl)cnc2c1. The molecular formula is C8H8ClN3. The highest BCUT2D eigenvalue weighted by molar-refractivity contribution is 6.29. The van der Waals surface area contributed by atoms with Gasteiger partial charge in [0.15, 0.2) is 0 Å². The van der Waals surface area contributed by atoms with Crippen molar-refractivity contribution in [1.82, 2.24) is 9.38 Å². The summed E-state index contributed by atoms with van der Waals surface area (Å²) in [5.41, 5.74) is 7.37. The van der Waals surface area contributed by atoms with Crippen LogP contribution >= 0.6 is 11.6 Å². The highest BCUT2D eigenvalue weighted by Gasteiger charge is 1.99. The van der Waals surface area contributed by atoms with E-state index in [1.165, 1.54) is 0 Å². The number of hydrogen-bond donors (Lipinski definition) is 1. The molecule has 2 N–H and O–H groups in total. The fourth-order valence-corrected chi connectivity index (χ4v) is 1.31. The second-order valence-corrected chi connectivity index (χ2v) is 2.94. The number of imidazole rings is 1. The molecule has 0 radical (unpaired) electrons. The Morgan fingerprint density at radius 2 is 2.42 bits per heavy atom. The molecule has 0 saturated heterocycles. The topological polar surface area (TPSA) is 43.3 Å². The maximum Gasteiger partial charge on any atom is 0.138 e. The average Bonchev–Trinajstić information content (AvgIpc) is 2.47. The lowest BCUT2D eigenvalue weighted by Crippen LogP contribution is -1.97. The first-order chi connectivity index (χ1) is 5.81. The Balaban J connectivity index is 2.69. The molecule has 0 unspecified atom stereocenters. The largest absolute Gasteiger partial charge is 0.326 e. The minimum Gasteiger partial charge on any atom is -0.326 e. The molecule has 0 aliphatic rings. The smallest absolute Gasteiger partial charge is 0.138 e. The van der Waals surface area contributed by atoms with Crippen LogP contribution in [0.15, 0.2) is 24.5 Å². The van der Waals surface area contributed by atoms with Crippen LogP contribution in [-0.2, 0) is 6.54 Å². The molecule has 0 saturated carbocycles. The van der Waals surface area contributed by atoms with Gasteiger partial charge in [-0.05, 0) is 17.7 Å². The lowest BCUT2D eigenvalue weighted by atomic mass is 10.3. The van der Waals surface area contributed by atoms with E-state index in [2.05, 4.69) is 4.98 Å². The molecule has 0 aromatic carbocycles. The van der Waals surface area contributed by atoms with Crippen LogP contribution in [0.1, 0.15) is 5.56 Å². The predicted molar refractivity (Wildman–Crippen MR) is 48.1 cm³/mol. The van der Waals surface area contributed by atoms with Crippen molar-refractivity contribution in [1.29, 1.82) is 0 Å². The monoisotopic (exact) mass is 181 g/mol. The second kappa shape index (κ2) is 2.77. The summed E-state index contributed by atoms with van der Waals surface area (Å²) in [5.74, 6) is 0. The van der Waals surface area contributed by atoms with Crippen LogP contribution in [0.3, 0.4) is 0 Å². The average molecular weight is 182 g/mol. The number of nitrogens with two attached hydrogens (primary N) is 1. The molecule has 62 valence electrons. The zero-order chi connectivity index (χ0) is 8.55. The number of rotatable bonds is 1. The summed E-state index contributed by atoms with van der Waals surface area (Å²) < 4.78 is 1.81. The second-order valence-electron chi connectivity index (χ2n) is 2.55. The molecule has 0 atom stereocenters. The number of nitrogens with zero attached hydrogens (tertiary/aromatic N) is 2. The third-order valence-electron chi connectivity index (χ3n) is 1.77. The lowest BCUT2D eigenvalue weighted by Gasteiger charge is -1.97. The zero-order valence-electron chi connectivity index (χ0n) is 6.37. The van der Waals surface area contributed by atoms with Gasteiger partial charge < -0.3 is 5.73 Å². The molecule has 2 rings (SSSR count). The Hall–Kier alpha value is -1.06. The first-order valence-corrected chi connectivity index (χ1v) is 4.00. The highest BCUT2D eigenvalue weighted by atomic mass is 35.5. The van der Waals surface area contributed by atoms with Gasteiger partial charge in [-0.1, -0.05) is 11.6 Å². The summed E-state index contributed by atoms with van der Waals surface area (Å²) in [5, 5.41) is 0.619. The van der Waals surface area contributed by atoms with Crippen molar-refractivity contribution in [3.8, 4) is 0 Å². The van der Waals surface area contributed by atoms with E-state index in [1.807, 2.05) is 18.3 Å². The van der Waals surface area contributed by atoms with E-state index >= 15 is 0 Å². The van der Waals surface area contributed by atoms with Crippen molar-refractivity contribution >= 4 is 17.2 Å². The van der Waals surface area contributed by atoms with Crippen LogP contribution in [0, 0.1) is 0 Å². The number of fused-ring (bicyclic) bond motifs is 1. The van der Waals surface area contributed by atoms with Gasteiger partial charge in [-0.25, -0.2) is 4.98 Å². The van der Waals surface area contributed by atoms with Crippen molar-refractivity contribution in [2.75, 3.05) is 0 Å². The molecule has 0 amide bonds. The standard InChI is InChI=1S/C8H8ClN3/c9-7-5-11-8-3-6(4-10)1-2-12(7)8/h1-3,5H,4,10H2. The molecule has 2 heterocycles. The Morgan fingerprint density at radius 3 is 3.17 bits per heavy atom. The molecule has 2 aromatic heterocycles. The van der Waals surface area contributed by atoms with Crippen molar-refractivity contribution in [3.63, 3.8) is 0 Å². The molecule has 0 aliphatic heterocycles. The fourth-order valence-electron chi connectivity index (χ4n) is 1.12. The van der Waals surface area contributed by atoms with E-state index in [9.17, 15) is 0 Å². The van der Waals surface area contributed by atoms with Gasteiger partial charge in [-0.15, -0.1) is 0 Å². The maximum absolute atomic E-state index is 5.84. The lowest BCUT2D eigenvalue weighted by molar-refractivity contribution is 1.05. The number of pyridine rings is 1. The first-order valence-electron chi connectivity index (χ1n) is 3.63. The molecule has 0 bridgehead atoms. The van der Waals surface area contributed by atoms with Crippen LogP contribution in [0.2, 0.25) is 5.15 Å². The van der Waals surface area contributed by atoms with Gasteiger partial charge in [-0.3, -0.25) is 4.40 Å². The van der Waals surface area contributed by atoms with E-state index < -0.39 is 0 Å². The minimum absolute atomic E-state index is 0.529. The third-order valence-corrected chi connectivity index (χ3v) is 2.05. The normalized spacial score (nSPS) is 10.8. The molecule has 4 heteroatoms. The Kier molecular flexibility index (Phi) is 1.75. The molecule has 12 heavy (non-hydrogen) atoms. The fraction of sp³-hybridized carbons (Fsp3) is 0.125. The van der Waals surface area contributed by atoms with Crippen molar-refractivity contribution in [2.45, 2.75) is 6.54 Å². The van der Waals surface area contributed by atoms with Gasteiger partial charge >= 0.3 is 0 Å². The van der Waals surface area contributed by atoms with Crippen LogP contribution < -0.4 is 5.73 Å². The summed E-state index contributed by atoms with van der Waals surface area (Å²) in [4.78, 5) is 4.10. The molecule has 0 aliphatic carbocycles. The minimum atomic E-state index is 0.529. The third kappa shape index (κ3) is 1.07. The van der Waals surface area contributed by atoms with E-state index in [1.54, 1.807) is 10.6 Å². The Morgan fingerprint density at radius 1 is 1.58 bits per heavy atom. The van der Waals surface area contributed by atoms with E-state index in [4.69, 9.17) is 17.3 Å². The van der Waals surface area contributed by atoms with Gasteiger partial charge in [0.25, 0.3) is 0 Å². The summed E-state index contributed by atoms with van der Waals surface area (Å²) >= 11 is 5.84. The van der Waals surface area contributed by atoms with Crippen LogP contribution in [0.5, 0.6) is 0 Å². The maximum atomic E-state index is 5.84. The number of hydrogen-bond acceptors (Lipinski definition) is 2. The molecule has 0 fully saturated rings. The summed E-state index contributed by atoms with van der Waals surface area (Å²) in [6.45, 7) is 0.529. The number of aromatic nitrogens is 2. The van der Waals surface area contributed by atoms with Gasteiger partial charge in [0.1, 0.15) is 10.8 Å². The van der Waals surface area contributed by atoms with E-state index in [0.29, 0.717) is 11.7 Å². The van der Waals surface area contributed by atoms with Crippen molar-refractivity contribution in [3.05, 3.63) is 35.2 Å². The van der Waals surface area contributed by atoms with Crippen LogP contribution in [0.4, 0.5) is 0 Å². The molecule has 3 nitrogen and oxygen atoms in total. The predicted octanol–water partition coefficient (Wildman–Crippen LogP) is 1.45. The summed E-state index contributed by atoms with van der Waals surface area (Å²) in [7, 11) is 0. The molecular weight excluding hydrogens is 174 g/mol. The van der Waals surface area contributed by atoms with Gasteiger partial charge in [0.2, 0.25) is 0 Å². The Labute approximate surface area is 74.8 Å². The molecule has 0 spiro atoms. The zero-order valence-corrected chi connectivity index (χ0v) is 7.12. The quantitative estimate of drug-likeness (QED) is 0.724.